The first-order valence-corrected chi connectivity index (χ1v) is 2.80. The standard InChI is InChI=1S/C6H8F2O3/c1-2-3-11-4-6(7,8)5(9)10/h2H,1,3-4H2,(H,9,10). The van der Waals surface area contributed by atoms with Crippen LogP contribution in [-0.4, -0.2) is 30.2 Å². The van der Waals surface area contributed by atoms with E-state index in [1.165, 1.54) is 6.08 Å². The van der Waals surface area contributed by atoms with Gasteiger partial charge in [0.1, 0.15) is 6.61 Å². The Kier molecular flexibility index (Phi) is 3.67. The number of carboxylic acid groups (broad SMARTS) is 1. The number of ether oxygens (including phenoxy) is 1. The van der Waals surface area contributed by atoms with Crippen LogP contribution < -0.4 is 0 Å². The van der Waals surface area contributed by atoms with Crippen molar-refractivity contribution in [2.75, 3.05) is 13.2 Å². The van der Waals surface area contributed by atoms with Crippen molar-refractivity contribution in [1.82, 2.24) is 0 Å². The summed E-state index contributed by atoms with van der Waals surface area (Å²) < 4.78 is 28.5. The summed E-state index contributed by atoms with van der Waals surface area (Å²) in [5, 5.41) is 7.88. The molecule has 1 N–H and O–H groups in total. The van der Waals surface area contributed by atoms with E-state index in [0.29, 0.717) is 0 Å². The third kappa shape index (κ3) is 3.67. The molecule has 0 atom stereocenters. The van der Waals surface area contributed by atoms with Crippen molar-refractivity contribution in [3.05, 3.63) is 12.7 Å². The van der Waals surface area contributed by atoms with Crippen molar-refractivity contribution in [2.45, 2.75) is 5.92 Å². The fraction of sp³-hybridized carbons (Fsp3) is 0.500. The minimum atomic E-state index is -3.80. The second-order valence-electron chi connectivity index (χ2n) is 1.81. The summed E-state index contributed by atoms with van der Waals surface area (Å²) in [4.78, 5) is 9.76. The molecule has 0 bridgehead atoms. The number of hydrogen-bond donors (Lipinski definition) is 1. The Labute approximate surface area is 62.3 Å². The van der Waals surface area contributed by atoms with Gasteiger partial charge in [-0.15, -0.1) is 6.58 Å². The van der Waals surface area contributed by atoms with Crippen LogP contribution in [0.3, 0.4) is 0 Å². The summed E-state index contributed by atoms with van der Waals surface area (Å²) in [7, 11) is 0. The van der Waals surface area contributed by atoms with Gasteiger partial charge in [0.25, 0.3) is 0 Å². The molecule has 0 amide bonds. The van der Waals surface area contributed by atoms with E-state index >= 15 is 0 Å². The highest BCUT2D eigenvalue weighted by Crippen LogP contribution is 2.13. The van der Waals surface area contributed by atoms with Gasteiger partial charge in [-0.1, -0.05) is 6.08 Å². The van der Waals surface area contributed by atoms with E-state index in [0.717, 1.165) is 0 Å². The zero-order valence-electron chi connectivity index (χ0n) is 5.72. The number of halogens is 2. The summed E-state index contributed by atoms with van der Waals surface area (Å²) in [5.41, 5.74) is 0. The van der Waals surface area contributed by atoms with Gasteiger partial charge in [0.05, 0.1) is 6.61 Å². The summed E-state index contributed by atoms with van der Waals surface area (Å²) >= 11 is 0. The maximum absolute atomic E-state index is 12.1. The molecule has 0 spiro atoms. The van der Waals surface area contributed by atoms with Crippen molar-refractivity contribution < 1.29 is 23.4 Å². The first kappa shape index (κ1) is 10.0. The first-order valence-electron chi connectivity index (χ1n) is 2.80. The Hall–Kier alpha value is -0.970. The van der Waals surface area contributed by atoms with E-state index in [2.05, 4.69) is 11.3 Å². The second kappa shape index (κ2) is 4.02. The molecule has 0 saturated carbocycles. The van der Waals surface area contributed by atoms with E-state index in [4.69, 9.17) is 5.11 Å². The zero-order valence-corrected chi connectivity index (χ0v) is 5.72. The molecular formula is C6H8F2O3. The average molecular weight is 166 g/mol. The van der Waals surface area contributed by atoms with Gasteiger partial charge in [0.15, 0.2) is 0 Å². The van der Waals surface area contributed by atoms with Crippen LogP contribution in [0.2, 0.25) is 0 Å². The lowest BCUT2D eigenvalue weighted by molar-refractivity contribution is -0.172. The highest BCUT2D eigenvalue weighted by molar-refractivity contribution is 5.75. The first-order chi connectivity index (χ1) is 5.00. The van der Waals surface area contributed by atoms with Crippen LogP contribution in [0.5, 0.6) is 0 Å². The Morgan fingerprint density at radius 1 is 1.73 bits per heavy atom. The predicted octanol–water partition coefficient (Wildman–Crippen LogP) is 0.909. The van der Waals surface area contributed by atoms with Crippen LogP contribution in [0, 0.1) is 0 Å². The van der Waals surface area contributed by atoms with Crippen molar-refractivity contribution >= 4 is 5.97 Å². The molecule has 3 nitrogen and oxygen atoms in total. The number of rotatable bonds is 5. The van der Waals surface area contributed by atoms with Crippen molar-refractivity contribution in [1.29, 1.82) is 0 Å². The van der Waals surface area contributed by atoms with E-state index < -0.39 is 18.5 Å². The van der Waals surface area contributed by atoms with E-state index in [1.54, 1.807) is 0 Å². The van der Waals surface area contributed by atoms with Gasteiger partial charge in [0, 0.05) is 0 Å². The molecule has 0 radical (unpaired) electrons. The number of carboxylic acids is 1. The zero-order chi connectivity index (χ0) is 8.91. The number of hydrogen-bond acceptors (Lipinski definition) is 2. The Morgan fingerprint density at radius 2 is 2.27 bits per heavy atom. The van der Waals surface area contributed by atoms with Crippen LogP contribution in [-0.2, 0) is 9.53 Å². The van der Waals surface area contributed by atoms with Crippen LogP contribution >= 0.6 is 0 Å². The maximum Gasteiger partial charge on any atom is 0.377 e. The molecule has 0 aliphatic carbocycles. The summed E-state index contributed by atoms with van der Waals surface area (Å²) in [5.74, 6) is -5.98. The molecule has 0 saturated heterocycles. The number of aliphatic carboxylic acids is 1. The van der Waals surface area contributed by atoms with Gasteiger partial charge >= 0.3 is 11.9 Å². The van der Waals surface area contributed by atoms with Gasteiger partial charge in [-0.25, -0.2) is 4.79 Å². The molecule has 11 heavy (non-hydrogen) atoms. The minimum absolute atomic E-state index is 0.0805. The highest BCUT2D eigenvalue weighted by atomic mass is 19.3. The monoisotopic (exact) mass is 166 g/mol. The SMILES string of the molecule is C=CCOCC(F)(F)C(=O)O. The van der Waals surface area contributed by atoms with Gasteiger partial charge < -0.3 is 9.84 Å². The molecule has 0 aliphatic rings. The van der Waals surface area contributed by atoms with Crippen LogP contribution in [0.4, 0.5) is 8.78 Å². The normalized spacial score (nSPS) is 11.1. The lowest BCUT2D eigenvalue weighted by Gasteiger charge is -2.09. The largest absolute Gasteiger partial charge is 0.477 e. The Morgan fingerprint density at radius 3 is 2.64 bits per heavy atom. The lowest BCUT2D eigenvalue weighted by atomic mass is 10.4. The third-order valence-electron chi connectivity index (χ3n) is 0.832. The molecule has 0 aromatic rings. The van der Waals surface area contributed by atoms with Gasteiger partial charge in [-0.05, 0) is 0 Å². The average Bonchev–Trinajstić information content (AvgIpc) is 1.88. The quantitative estimate of drug-likeness (QED) is 0.487. The molecule has 0 aromatic carbocycles. The van der Waals surface area contributed by atoms with E-state index in [1.807, 2.05) is 0 Å². The van der Waals surface area contributed by atoms with E-state index in [-0.39, 0.29) is 6.61 Å². The Balaban J connectivity index is 3.72. The smallest absolute Gasteiger partial charge is 0.377 e. The summed E-state index contributed by atoms with van der Waals surface area (Å²) in [6, 6.07) is 0. The van der Waals surface area contributed by atoms with Crippen molar-refractivity contribution in [3.63, 3.8) is 0 Å². The fourth-order valence-corrected chi connectivity index (χ4v) is 0.332. The van der Waals surface area contributed by atoms with Gasteiger partial charge in [0.2, 0.25) is 0 Å². The number of alkyl halides is 2. The fourth-order valence-electron chi connectivity index (χ4n) is 0.332. The summed E-state index contributed by atoms with van der Waals surface area (Å²) in [6.45, 7) is 2.01. The van der Waals surface area contributed by atoms with Gasteiger partial charge in [-0.2, -0.15) is 8.78 Å². The van der Waals surface area contributed by atoms with Crippen LogP contribution in [0.1, 0.15) is 0 Å². The molecule has 0 rings (SSSR count). The van der Waals surface area contributed by atoms with Crippen molar-refractivity contribution in [2.24, 2.45) is 0 Å². The second-order valence-corrected chi connectivity index (χ2v) is 1.81. The molecule has 64 valence electrons. The van der Waals surface area contributed by atoms with Gasteiger partial charge in [-0.3, -0.25) is 0 Å². The topological polar surface area (TPSA) is 46.5 Å². The van der Waals surface area contributed by atoms with Crippen molar-refractivity contribution in [3.8, 4) is 0 Å². The molecule has 5 heteroatoms. The molecule has 0 heterocycles. The molecule has 0 aromatic heterocycles. The third-order valence-corrected chi connectivity index (χ3v) is 0.832. The number of carbonyl (C=O) groups is 1. The van der Waals surface area contributed by atoms with E-state index in [9.17, 15) is 13.6 Å². The lowest BCUT2D eigenvalue weighted by Crippen LogP contribution is -2.33. The predicted molar refractivity (Wildman–Crippen MR) is 33.6 cm³/mol. The molecular weight excluding hydrogens is 158 g/mol. The summed E-state index contributed by atoms with van der Waals surface area (Å²) in [6.07, 6.45) is 1.26. The highest BCUT2D eigenvalue weighted by Gasteiger charge is 2.38. The Bertz CT molecular complexity index is 156. The van der Waals surface area contributed by atoms with Crippen LogP contribution in [0.15, 0.2) is 12.7 Å². The maximum atomic E-state index is 12.1. The van der Waals surface area contributed by atoms with Crippen LogP contribution in [0.25, 0.3) is 0 Å². The minimum Gasteiger partial charge on any atom is -0.477 e. The molecule has 0 fully saturated rings. The molecule has 0 aliphatic heterocycles. The molecule has 0 unspecified atom stereocenters.